The first-order valence-corrected chi connectivity index (χ1v) is 6.33. The molecule has 1 unspecified atom stereocenters. The molecule has 2 N–H and O–H groups in total. The largest absolute Gasteiger partial charge is 0.481 e. The third-order valence-electron chi connectivity index (χ3n) is 2.82. The molecule has 0 aliphatic heterocycles. The zero-order valence-electron chi connectivity index (χ0n) is 11.4. The van der Waals surface area contributed by atoms with E-state index in [-0.39, 0.29) is 24.3 Å². The molecule has 0 aliphatic carbocycles. The van der Waals surface area contributed by atoms with E-state index in [9.17, 15) is 14.3 Å². The topological polar surface area (TPSA) is 58.6 Å². The second kappa shape index (κ2) is 7.09. The average Bonchev–Trinajstić information content (AvgIpc) is 2.36. The number of amides is 1. The molecule has 1 rings (SSSR count). The monoisotopic (exact) mass is 269 g/mol. The molecule has 1 aromatic rings. The smallest absolute Gasteiger partial charge is 0.258 e. The van der Waals surface area contributed by atoms with Crippen molar-refractivity contribution in [1.82, 2.24) is 5.32 Å². The van der Waals surface area contributed by atoms with Crippen LogP contribution in [0.1, 0.15) is 38.9 Å². The molecule has 2 atom stereocenters. The molecular formula is C14H20FNO3. The maximum absolute atomic E-state index is 13.6. The fourth-order valence-electron chi connectivity index (χ4n) is 1.46. The van der Waals surface area contributed by atoms with Gasteiger partial charge in [-0.1, -0.05) is 13.0 Å². The number of nitrogens with one attached hydrogen (secondary N) is 1. The number of aliphatic hydroxyl groups excluding tert-OH is 1. The van der Waals surface area contributed by atoms with Crippen LogP contribution in [0, 0.1) is 5.82 Å². The first-order chi connectivity index (χ1) is 8.93. The average molecular weight is 269 g/mol. The number of hydrogen-bond acceptors (Lipinski definition) is 3. The molecule has 0 saturated carbocycles. The second-order valence-corrected chi connectivity index (χ2v) is 4.53. The van der Waals surface area contributed by atoms with Crippen LogP contribution in [0.3, 0.4) is 0 Å². The summed E-state index contributed by atoms with van der Waals surface area (Å²) in [4.78, 5) is 11.5. The van der Waals surface area contributed by atoms with Gasteiger partial charge in [0.25, 0.3) is 5.91 Å². The highest BCUT2D eigenvalue weighted by molar-refractivity contribution is 5.77. The van der Waals surface area contributed by atoms with Crippen molar-refractivity contribution < 1.29 is 19.0 Å². The number of ether oxygens (including phenoxy) is 1. The third kappa shape index (κ3) is 4.87. The standard InChI is InChI=1S/C14H20FNO3/c1-4-9(2)16-14(18)8-19-13-6-5-11(10(3)17)7-12(13)15/h5-7,9-10,17H,4,8H2,1-3H3,(H,16,18)/t9?,10-/m0/s1. The van der Waals surface area contributed by atoms with Crippen molar-refractivity contribution >= 4 is 5.91 Å². The van der Waals surface area contributed by atoms with Gasteiger partial charge in [-0.3, -0.25) is 4.79 Å². The Morgan fingerprint density at radius 2 is 2.16 bits per heavy atom. The molecule has 19 heavy (non-hydrogen) atoms. The van der Waals surface area contributed by atoms with E-state index in [0.29, 0.717) is 5.56 Å². The van der Waals surface area contributed by atoms with Gasteiger partial charge in [-0.2, -0.15) is 0 Å². The molecular weight excluding hydrogens is 249 g/mol. The van der Waals surface area contributed by atoms with Crippen molar-refractivity contribution in [1.29, 1.82) is 0 Å². The van der Waals surface area contributed by atoms with Crippen LogP contribution in [0.2, 0.25) is 0 Å². The fourth-order valence-corrected chi connectivity index (χ4v) is 1.46. The van der Waals surface area contributed by atoms with Crippen LogP contribution < -0.4 is 10.1 Å². The Labute approximate surface area is 112 Å². The number of halogens is 1. The lowest BCUT2D eigenvalue weighted by Gasteiger charge is -2.13. The highest BCUT2D eigenvalue weighted by atomic mass is 19.1. The maximum Gasteiger partial charge on any atom is 0.258 e. The molecule has 4 nitrogen and oxygen atoms in total. The lowest BCUT2D eigenvalue weighted by Crippen LogP contribution is -2.35. The first kappa shape index (κ1) is 15.4. The summed E-state index contributed by atoms with van der Waals surface area (Å²) >= 11 is 0. The van der Waals surface area contributed by atoms with E-state index in [4.69, 9.17) is 4.74 Å². The molecule has 0 fully saturated rings. The predicted molar refractivity (Wildman–Crippen MR) is 70.4 cm³/mol. The van der Waals surface area contributed by atoms with Crippen LogP contribution in [0.4, 0.5) is 4.39 Å². The van der Waals surface area contributed by atoms with Crippen molar-refractivity contribution in [3.05, 3.63) is 29.6 Å². The van der Waals surface area contributed by atoms with Gasteiger partial charge in [0.2, 0.25) is 0 Å². The van der Waals surface area contributed by atoms with E-state index >= 15 is 0 Å². The van der Waals surface area contributed by atoms with Crippen LogP contribution in [0.15, 0.2) is 18.2 Å². The highest BCUT2D eigenvalue weighted by Gasteiger charge is 2.10. The number of hydrogen-bond donors (Lipinski definition) is 2. The minimum Gasteiger partial charge on any atom is -0.481 e. The van der Waals surface area contributed by atoms with Gasteiger partial charge >= 0.3 is 0 Å². The molecule has 0 spiro atoms. The van der Waals surface area contributed by atoms with Crippen LogP contribution in [0.25, 0.3) is 0 Å². The van der Waals surface area contributed by atoms with Crippen molar-refractivity contribution in [2.45, 2.75) is 39.3 Å². The van der Waals surface area contributed by atoms with Gasteiger partial charge < -0.3 is 15.2 Å². The zero-order valence-corrected chi connectivity index (χ0v) is 11.4. The van der Waals surface area contributed by atoms with Gasteiger partial charge in [0, 0.05) is 6.04 Å². The van der Waals surface area contributed by atoms with Gasteiger partial charge in [0.05, 0.1) is 6.10 Å². The van der Waals surface area contributed by atoms with E-state index in [1.54, 1.807) is 13.0 Å². The Morgan fingerprint density at radius 3 is 2.68 bits per heavy atom. The minimum absolute atomic E-state index is 0.00343. The quantitative estimate of drug-likeness (QED) is 0.832. The Morgan fingerprint density at radius 1 is 1.47 bits per heavy atom. The summed E-state index contributed by atoms with van der Waals surface area (Å²) in [5, 5.41) is 12.0. The van der Waals surface area contributed by atoms with Gasteiger partial charge in [0.15, 0.2) is 18.2 Å². The van der Waals surface area contributed by atoms with Gasteiger partial charge in [-0.25, -0.2) is 4.39 Å². The van der Waals surface area contributed by atoms with E-state index < -0.39 is 11.9 Å². The number of rotatable bonds is 6. The molecule has 0 bridgehead atoms. The number of benzene rings is 1. The molecule has 0 saturated heterocycles. The molecule has 5 heteroatoms. The summed E-state index contributed by atoms with van der Waals surface area (Å²) < 4.78 is 18.7. The molecule has 1 amide bonds. The van der Waals surface area contributed by atoms with E-state index in [1.165, 1.54) is 12.1 Å². The van der Waals surface area contributed by atoms with Crippen molar-refractivity contribution in [2.75, 3.05) is 6.61 Å². The van der Waals surface area contributed by atoms with Crippen LogP contribution >= 0.6 is 0 Å². The fraction of sp³-hybridized carbons (Fsp3) is 0.500. The van der Waals surface area contributed by atoms with E-state index in [1.807, 2.05) is 13.8 Å². The molecule has 0 radical (unpaired) electrons. The number of carbonyl (C=O) groups excluding carboxylic acids is 1. The molecule has 106 valence electrons. The van der Waals surface area contributed by atoms with Crippen molar-refractivity contribution in [2.24, 2.45) is 0 Å². The number of carbonyl (C=O) groups is 1. The maximum atomic E-state index is 13.6. The van der Waals surface area contributed by atoms with Crippen molar-refractivity contribution in [3.8, 4) is 5.75 Å². The Balaban J connectivity index is 2.56. The zero-order chi connectivity index (χ0) is 14.4. The van der Waals surface area contributed by atoms with Gasteiger partial charge in [0.1, 0.15) is 0 Å². The summed E-state index contributed by atoms with van der Waals surface area (Å²) in [6.45, 7) is 5.17. The minimum atomic E-state index is -0.739. The summed E-state index contributed by atoms with van der Waals surface area (Å²) in [5.41, 5.74) is 0.467. The third-order valence-corrected chi connectivity index (χ3v) is 2.82. The lowest BCUT2D eigenvalue weighted by molar-refractivity contribution is -0.123. The molecule has 1 aromatic carbocycles. The summed E-state index contributed by atoms with van der Waals surface area (Å²) in [6, 6.07) is 4.24. The predicted octanol–water partition coefficient (Wildman–Crippen LogP) is 2.17. The van der Waals surface area contributed by atoms with E-state index in [2.05, 4.69) is 5.32 Å². The first-order valence-electron chi connectivity index (χ1n) is 6.33. The van der Waals surface area contributed by atoms with Crippen LogP contribution in [0.5, 0.6) is 5.75 Å². The van der Waals surface area contributed by atoms with E-state index in [0.717, 1.165) is 6.42 Å². The van der Waals surface area contributed by atoms with Crippen LogP contribution in [-0.4, -0.2) is 23.7 Å². The van der Waals surface area contributed by atoms with Gasteiger partial charge in [-0.05, 0) is 38.0 Å². The normalized spacial score (nSPS) is 13.7. The SMILES string of the molecule is CCC(C)NC(=O)COc1ccc([C@H](C)O)cc1F. The second-order valence-electron chi connectivity index (χ2n) is 4.53. The Bertz CT molecular complexity index is 435. The summed E-state index contributed by atoms with van der Waals surface area (Å²) in [7, 11) is 0. The molecule has 0 heterocycles. The lowest BCUT2D eigenvalue weighted by atomic mass is 10.1. The highest BCUT2D eigenvalue weighted by Crippen LogP contribution is 2.21. The Kier molecular flexibility index (Phi) is 5.76. The molecule has 0 aromatic heterocycles. The van der Waals surface area contributed by atoms with Gasteiger partial charge in [-0.15, -0.1) is 0 Å². The molecule has 0 aliphatic rings. The Hall–Kier alpha value is -1.62. The van der Waals surface area contributed by atoms with Crippen molar-refractivity contribution in [3.63, 3.8) is 0 Å². The van der Waals surface area contributed by atoms with Crippen LogP contribution in [-0.2, 0) is 4.79 Å². The summed E-state index contributed by atoms with van der Waals surface area (Å²) in [6.07, 6.45) is 0.0840. The summed E-state index contributed by atoms with van der Waals surface area (Å²) in [5.74, 6) is -0.869. The number of aliphatic hydroxyl groups is 1.